The fourth-order valence-electron chi connectivity index (χ4n) is 1.41. The summed E-state index contributed by atoms with van der Waals surface area (Å²) in [6.07, 6.45) is 0.158. The third-order valence-corrected chi connectivity index (χ3v) is 2.32. The molecule has 0 saturated heterocycles. The van der Waals surface area contributed by atoms with Crippen molar-refractivity contribution in [2.75, 3.05) is 6.61 Å². The van der Waals surface area contributed by atoms with Crippen molar-refractivity contribution in [2.24, 2.45) is 5.16 Å². The molecule has 0 aliphatic carbocycles. The van der Waals surface area contributed by atoms with Crippen molar-refractivity contribution >= 4 is 17.5 Å². The van der Waals surface area contributed by atoms with Crippen LogP contribution >= 0.6 is 0 Å². The highest BCUT2D eigenvalue weighted by molar-refractivity contribution is 6.36. The first-order valence-electron chi connectivity index (χ1n) is 5.65. The summed E-state index contributed by atoms with van der Waals surface area (Å²) < 4.78 is 4.69. The average Bonchev–Trinajstić information content (AvgIpc) is 2.40. The summed E-state index contributed by atoms with van der Waals surface area (Å²) in [6.45, 7) is 1.85. The van der Waals surface area contributed by atoms with Crippen LogP contribution in [0, 0.1) is 0 Å². The molecule has 0 amide bonds. The predicted molar refractivity (Wildman–Crippen MR) is 65.9 cm³/mol. The third kappa shape index (κ3) is 4.01. The summed E-state index contributed by atoms with van der Waals surface area (Å²) in [7, 11) is 0. The fourth-order valence-corrected chi connectivity index (χ4v) is 1.41. The van der Waals surface area contributed by atoms with Crippen molar-refractivity contribution in [1.82, 2.24) is 0 Å². The molecule has 18 heavy (non-hydrogen) atoms. The SMILES string of the molecule is CCOC(=O)/C(CCC(=O)c1ccccc1)=N/O. The van der Waals surface area contributed by atoms with Crippen LogP contribution in [0.4, 0.5) is 0 Å². The van der Waals surface area contributed by atoms with E-state index >= 15 is 0 Å². The lowest BCUT2D eigenvalue weighted by atomic mass is 10.1. The smallest absolute Gasteiger partial charge is 0.356 e. The second kappa shape index (κ2) is 7.21. The Labute approximate surface area is 105 Å². The molecule has 1 aromatic carbocycles. The van der Waals surface area contributed by atoms with Crippen LogP contribution in [0.25, 0.3) is 0 Å². The van der Waals surface area contributed by atoms with E-state index in [4.69, 9.17) is 9.94 Å². The minimum absolute atomic E-state index is 0.0586. The number of rotatable bonds is 6. The molecule has 5 heteroatoms. The van der Waals surface area contributed by atoms with Gasteiger partial charge in [0.05, 0.1) is 6.61 Å². The largest absolute Gasteiger partial charge is 0.461 e. The van der Waals surface area contributed by atoms with Crippen LogP contribution in [-0.2, 0) is 9.53 Å². The average molecular weight is 249 g/mol. The van der Waals surface area contributed by atoms with Crippen molar-refractivity contribution in [3.8, 4) is 0 Å². The van der Waals surface area contributed by atoms with Crippen molar-refractivity contribution < 1.29 is 19.5 Å². The molecule has 0 aliphatic rings. The number of esters is 1. The monoisotopic (exact) mass is 249 g/mol. The Kier molecular flexibility index (Phi) is 5.57. The van der Waals surface area contributed by atoms with Gasteiger partial charge >= 0.3 is 5.97 Å². The van der Waals surface area contributed by atoms with Gasteiger partial charge in [0.2, 0.25) is 0 Å². The Morgan fingerprint density at radius 2 is 1.89 bits per heavy atom. The maximum absolute atomic E-state index is 11.8. The quantitative estimate of drug-likeness (QED) is 0.275. The zero-order valence-electron chi connectivity index (χ0n) is 10.1. The van der Waals surface area contributed by atoms with Gasteiger partial charge in [-0.3, -0.25) is 4.79 Å². The number of nitrogens with zero attached hydrogens (tertiary/aromatic N) is 1. The number of hydrogen-bond acceptors (Lipinski definition) is 5. The maximum atomic E-state index is 11.8. The van der Waals surface area contributed by atoms with Gasteiger partial charge in [-0.2, -0.15) is 0 Å². The molecule has 0 atom stereocenters. The number of oxime groups is 1. The van der Waals surface area contributed by atoms with Gasteiger partial charge in [0.15, 0.2) is 11.5 Å². The molecule has 0 unspecified atom stereocenters. The highest BCUT2D eigenvalue weighted by atomic mass is 16.5. The first-order chi connectivity index (χ1) is 8.69. The van der Waals surface area contributed by atoms with E-state index < -0.39 is 5.97 Å². The van der Waals surface area contributed by atoms with Crippen molar-refractivity contribution in [2.45, 2.75) is 19.8 Å². The highest BCUT2D eigenvalue weighted by Gasteiger charge is 2.15. The van der Waals surface area contributed by atoms with Crippen molar-refractivity contribution in [3.05, 3.63) is 35.9 Å². The van der Waals surface area contributed by atoms with E-state index in [-0.39, 0.29) is 30.9 Å². The van der Waals surface area contributed by atoms with E-state index in [1.54, 1.807) is 31.2 Å². The van der Waals surface area contributed by atoms with E-state index in [1.807, 2.05) is 6.07 Å². The van der Waals surface area contributed by atoms with Crippen LogP contribution in [0.3, 0.4) is 0 Å². The predicted octanol–water partition coefficient (Wildman–Crippen LogP) is 2.04. The van der Waals surface area contributed by atoms with E-state index in [9.17, 15) is 9.59 Å². The molecule has 0 spiro atoms. The normalized spacial score (nSPS) is 11.1. The third-order valence-electron chi connectivity index (χ3n) is 2.32. The Hall–Kier alpha value is -2.17. The minimum Gasteiger partial charge on any atom is -0.461 e. The van der Waals surface area contributed by atoms with E-state index in [1.165, 1.54) is 0 Å². The number of benzene rings is 1. The Morgan fingerprint density at radius 3 is 2.44 bits per heavy atom. The molecular formula is C13H15NO4. The van der Waals surface area contributed by atoms with Gasteiger partial charge in [-0.25, -0.2) is 4.79 Å². The second-order valence-electron chi connectivity index (χ2n) is 3.56. The van der Waals surface area contributed by atoms with Gasteiger partial charge in [0.1, 0.15) is 0 Å². The Bertz CT molecular complexity index is 440. The first-order valence-corrected chi connectivity index (χ1v) is 5.65. The molecule has 1 aromatic rings. The number of hydrogen-bond donors (Lipinski definition) is 1. The van der Waals surface area contributed by atoms with Crippen LogP contribution in [-0.4, -0.2) is 29.3 Å². The lowest BCUT2D eigenvalue weighted by molar-refractivity contribution is -0.135. The first kappa shape index (κ1) is 13.9. The molecule has 0 fully saturated rings. The number of ether oxygens (including phenoxy) is 1. The standard InChI is InChI=1S/C13H15NO4/c1-2-18-13(16)11(14-17)8-9-12(15)10-6-4-3-5-7-10/h3-7,17H,2,8-9H2,1H3/b14-11+. The lowest BCUT2D eigenvalue weighted by Gasteiger charge is -2.03. The van der Waals surface area contributed by atoms with E-state index in [0.717, 1.165) is 0 Å². The number of carbonyl (C=O) groups is 2. The van der Waals surface area contributed by atoms with E-state index in [2.05, 4.69) is 5.16 Å². The van der Waals surface area contributed by atoms with Crippen molar-refractivity contribution in [3.63, 3.8) is 0 Å². The van der Waals surface area contributed by atoms with Gasteiger partial charge in [-0.05, 0) is 6.92 Å². The molecule has 5 nitrogen and oxygen atoms in total. The summed E-state index contributed by atoms with van der Waals surface area (Å²) in [6, 6.07) is 8.74. The zero-order chi connectivity index (χ0) is 13.4. The van der Waals surface area contributed by atoms with Gasteiger partial charge in [0.25, 0.3) is 0 Å². The number of carbonyl (C=O) groups excluding carboxylic acids is 2. The summed E-state index contributed by atoms with van der Waals surface area (Å²) >= 11 is 0. The molecule has 0 bridgehead atoms. The van der Waals surface area contributed by atoms with E-state index in [0.29, 0.717) is 5.56 Å². The number of ketones is 1. The van der Waals surface area contributed by atoms with Crippen LogP contribution in [0.1, 0.15) is 30.1 Å². The van der Waals surface area contributed by atoms with Gasteiger partial charge in [-0.15, -0.1) is 0 Å². The summed E-state index contributed by atoms with van der Waals surface area (Å²) in [4.78, 5) is 23.1. The Morgan fingerprint density at radius 1 is 1.22 bits per heavy atom. The van der Waals surface area contributed by atoms with Crippen LogP contribution < -0.4 is 0 Å². The lowest BCUT2D eigenvalue weighted by Crippen LogP contribution is -2.18. The highest BCUT2D eigenvalue weighted by Crippen LogP contribution is 2.06. The topological polar surface area (TPSA) is 76.0 Å². The molecule has 0 aliphatic heterocycles. The van der Waals surface area contributed by atoms with Crippen LogP contribution in [0.2, 0.25) is 0 Å². The molecule has 0 radical (unpaired) electrons. The second-order valence-corrected chi connectivity index (χ2v) is 3.56. The van der Waals surface area contributed by atoms with Gasteiger partial charge in [0, 0.05) is 18.4 Å². The van der Waals surface area contributed by atoms with Crippen LogP contribution in [0.15, 0.2) is 35.5 Å². The maximum Gasteiger partial charge on any atom is 0.356 e. The fraction of sp³-hybridized carbons (Fsp3) is 0.308. The number of Topliss-reactive ketones (excluding diaryl/α,β-unsaturated/α-hetero) is 1. The molecule has 96 valence electrons. The molecular weight excluding hydrogens is 234 g/mol. The minimum atomic E-state index is -0.694. The van der Waals surface area contributed by atoms with Crippen molar-refractivity contribution in [1.29, 1.82) is 0 Å². The summed E-state index contributed by atoms with van der Waals surface area (Å²) in [5, 5.41) is 11.5. The summed E-state index contributed by atoms with van der Waals surface area (Å²) in [5.74, 6) is -0.804. The van der Waals surface area contributed by atoms with Crippen LogP contribution in [0.5, 0.6) is 0 Å². The molecule has 0 aromatic heterocycles. The summed E-state index contributed by atoms with van der Waals surface area (Å²) in [5.41, 5.74) is 0.430. The molecule has 1 rings (SSSR count). The van der Waals surface area contributed by atoms with Gasteiger partial charge in [-0.1, -0.05) is 35.5 Å². The zero-order valence-corrected chi connectivity index (χ0v) is 10.1. The Balaban J connectivity index is 2.54. The molecule has 0 saturated carbocycles. The molecule has 1 N–H and O–H groups in total. The van der Waals surface area contributed by atoms with Gasteiger partial charge < -0.3 is 9.94 Å². The molecule has 0 heterocycles.